The van der Waals surface area contributed by atoms with Crippen LogP contribution in [0.4, 0.5) is 22.0 Å². The van der Waals surface area contributed by atoms with Crippen molar-refractivity contribution in [1.29, 1.82) is 0 Å². The summed E-state index contributed by atoms with van der Waals surface area (Å²) >= 11 is 0. The molecule has 28 heavy (non-hydrogen) atoms. The lowest BCUT2D eigenvalue weighted by Gasteiger charge is -2.28. The molecule has 10 heteroatoms. The van der Waals surface area contributed by atoms with Crippen LogP contribution in [0.1, 0.15) is 45.6 Å². The molecule has 156 valence electrons. The van der Waals surface area contributed by atoms with E-state index in [0.29, 0.717) is 0 Å². The fourth-order valence-corrected chi connectivity index (χ4v) is 2.57. The number of benzene rings is 1. The van der Waals surface area contributed by atoms with E-state index < -0.39 is 77.2 Å². The van der Waals surface area contributed by atoms with Gasteiger partial charge in [-0.05, 0) is 13.3 Å². The Morgan fingerprint density at radius 1 is 0.857 bits per heavy atom. The Hall–Kier alpha value is -2.52. The van der Waals surface area contributed by atoms with Gasteiger partial charge in [-0.25, -0.2) is 22.0 Å². The maximum atomic E-state index is 13.7. The van der Waals surface area contributed by atoms with Crippen molar-refractivity contribution in [2.75, 3.05) is 6.61 Å². The summed E-state index contributed by atoms with van der Waals surface area (Å²) in [7, 11) is 0. The normalized spacial score (nSPS) is 13.0. The summed E-state index contributed by atoms with van der Waals surface area (Å²) in [4.78, 5) is 34.2. The molecule has 0 aliphatic carbocycles. The number of carbonyl (C=O) groups is 3. The second-order valence-corrected chi connectivity index (χ2v) is 6.40. The number of hydrogen-bond acceptors (Lipinski definition) is 5. The third-order valence-electron chi connectivity index (χ3n) is 3.85. The van der Waals surface area contributed by atoms with Crippen molar-refractivity contribution in [3.63, 3.8) is 0 Å². The molecule has 0 spiro atoms. The number of esters is 2. The van der Waals surface area contributed by atoms with E-state index in [9.17, 15) is 36.3 Å². The number of halogens is 5. The molecule has 0 aliphatic heterocycles. The van der Waals surface area contributed by atoms with Gasteiger partial charge in [-0.1, -0.05) is 0 Å². The Morgan fingerprint density at radius 3 is 1.82 bits per heavy atom. The Labute approximate surface area is 157 Å². The highest BCUT2D eigenvalue weighted by atomic mass is 19.2. The number of carbonyl (C=O) groups excluding carboxylic acids is 3. The molecular weight excluding hydrogens is 391 g/mol. The lowest BCUT2D eigenvalue weighted by molar-refractivity contribution is -0.160. The van der Waals surface area contributed by atoms with Crippen molar-refractivity contribution in [1.82, 2.24) is 0 Å². The van der Waals surface area contributed by atoms with Crippen molar-refractivity contribution in [3.8, 4) is 0 Å². The number of hydrogen-bond donors (Lipinski definition) is 0. The highest BCUT2D eigenvalue weighted by Gasteiger charge is 2.32. The summed E-state index contributed by atoms with van der Waals surface area (Å²) < 4.78 is 76.6. The van der Waals surface area contributed by atoms with E-state index in [4.69, 9.17) is 9.47 Å². The summed E-state index contributed by atoms with van der Waals surface area (Å²) in [5.74, 6) is -12.4. The molecule has 1 aromatic rings. The van der Waals surface area contributed by atoms with Crippen molar-refractivity contribution in [2.45, 2.75) is 52.1 Å². The fraction of sp³-hybridized carbons (Fsp3) is 0.500. The summed E-state index contributed by atoms with van der Waals surface area (Å²) in [5.41, 5.74) is -2.46. The average Bonchev–Trinajstić information content (AvgIpc) is 2.56. The molecule has 0 aliphatic rings. The van der Waals surface area contributed by atoms with E-state index in [0.717, 1.165) is 6.92 Å². The first-order valence-electron chi connectivity index (χ1n) is 8.23. The van der Waals surface area contributed by atoms with Crippen molar-refractivity contribution in [2.24, 2.45) is 0 Å². The van der Waals surface area contributed by atoms with Crippen molar-refractivity contribution < 1.29 is 45.8 Å². The smallest absolute Gasteiger partial charge is 0.303 e. The number of Topliss-reactive ketones (excluding diaryl/α,β-unsaturated/α-hetero) is 1. The van der Waals surface area contributed by atoms with Crippen LogP contribution in [-0.2, 0) is 30.3 Å². The van der Waals surface area contributed by atoms with Gasteiger partial charge in [0.2, 0.25) is 5.82 Å². The van der Waals surface area contributed by atoms with Gasteiger partial charge in [0.25, 0.3) is 0 Å². The van der Waals surface area contributed by atoms with E-state index in [1.54, 1.807) is 0 Å². The van der Waals surface area contributed by atoms with E-state index in [1.165, 1.54) is 13.8 Å². The van der Waals surface area contributed by atoms with E-state index >= 15 is 0 Å². The van der Waals surface area contributed by atoms with Gasteiger partial charge in [0.1, 0.15) is 11.4 Å². The van der Waals surface area contributed by atoms with Crippen molar-refractivity contribution in [3.05, 3.63) is 34.6 Å². The van der Waals surface area contributed by atoms with Crippen LogP contribution in [0.5, 0.6) is 0 Å². The van der Waals surface area contributed by atoms with E-state index in [2.05, 4.69) is 0 Å². The summed E-state index contributed by atoms with van der Waals surface area (Å²) in [6, 6.07) is 0. The van der Waals surface area contributed by atoms with Gasteiger partial charge in [-0.2, -0.15) is 0 Å². The van der Waals surface area contributed by atoms with Crippen LogP contribution in [0.25, 0.3) is 0 Å². The van der Waals surface area contributed by atoms with E-state index in [-0.39, 0.29) is 13.0 Å². The van der Waals surface area contributed by atoms with Crippen LogP contribution in [0.3, 0.4) is 0 Å². The molecular formula is C18H19F5O5. The third kappa shape index (κ3) is 6.28. The molecule has 0 amide bonds. The molecule has 0 saturated heterocycles. The molecule has 0 heterocycles. The largest absolute Gasteiger partial charge is 0.466 e. The lowest BCUT2D eigenvalue weighted by atomic mass is 9.92. The highest BCUT2D eigenvalue weighted by Crippen LogP contribution is 2.26. The second kappa shape index (κ2) is 9.61. The molecule has 0 saturated carbocycles. The first-order chi connectivity index (χ1) is 12.9. The van der Waals surface area contributed by atoms with Crippen LogP contribution >= 0.6 is 0 Å². The lowest BCUT2D eigenvalue weighted by Crippen LogP contribution is -2.35. The zero-order valence-electron chi connectivity index (χ0n) is 15.5. The Balaban J connectivity index is 2.86. The Kier molecular flexibility index (Phi) is 8.07. The summed E-state index contributed by atoms with van der Waals surface area (Å²) in [6.07, 6.45) is -1.71. The quantitative estimate of drug-likeness (QED) is 0.270. The fourth-order valence-electron chi connectivity index (χ4n) is 2.57. The third-order valence-corrected chi connectivity index (χ3v) is 3.85. The predicted octanol–water partition coefficient (Wildman–Crippen LogP) is 3.55. The molecule has 5 nitrogen and oxygen atoms in total. The zero-order chi connectivity index (χ0) is 21.6. The SMILES string of the molecule is CC(=O)OCCC(C)(CC(=O)CCc1c(F)c(F)c(F)c(F)c1F)OC(C)=O. The molecule has 1 aromatic carbocycles. The number of rotatable bonds is 9. The van der Waals surface area contributed by atoms with Crippen LogP contribution in [0.2, 0.25) is 0 Å². The van der Waals surface area contributed by atoms with Crippen LogP contribution in [0, 0.1) is 29.1 Å². The monoisotopic (exact) mass is 410 g/mol. The zero-order valence-corrected chi connectivity index (χ0v) is 15.5. The van der Waals surface area contributed by atoms with Gasteiger partial charge in [-0.3, -0.25) is 14.4 Å². The van der Waals surface area contributed by atoms with Gasteiger partial charge < -0.3 is 9.47 Å². The number of ether oxygens (including phenoxy) is 2. The number of ketones is 1. The van der Waals surface area contributed by atoms with Gasteiger partial charge in [0, 0.05) is 38.7 Å². The molecule has 0 aromatic heterocycles. The average molecular weight is 410 g/mol. The minimum absolute atomic E-state index is 0.0274. The summed E-state index contributed by atoms with van der Waals surface area (Å²) in [5, 5.41) is 0. The van der Waals surface area contributed by atoms with E-state index in [1.807, 2.05) is 0 Å². The Bertz CT molecular complexity index is 751. The summed E-state index contributed by atoms with van der Waals surface area (Å²) in [6.45, 7) is 3.51. The second-order valence-electron chi connectivity index (χ2n) is 6.40. The highest BCUT2D eigenvalue weighted by molar-refractivity contribution is 5.80. The van der Waals surface area contributed by atoms with Gasteiger partial charge >= 0.3 is 11.9 Å². The Morgan fingerprint density at radius 2 is 1.36 bits per heavy atom. The van der Waals surface area contributed by atoms with Crippen LogP contribution < -0.4 is 0 Å². The van der Waals surface area contributed by atoms with Gasteiger partial charge in [0.15, 0.2) is 23.3 Å². The molecule has 1 unspecified atom stereocenters. The first-order valence-corrected chi connectivity index (χ1v) is 8.23. The van der Waals surface area contributed by atoms with Crippen molar-refractivity contribution >= 4 is 17.7 Å². The molecule has 1 atom stereocenters. The van der Waals surface area contributed by atoms with Gasteiger partial charge in [-0.15, -0.1) is 0 Å². The standard InChI is InChI=1S/C18H19F5O5/c1-9(24)27-7-6-18(3,28-10(2)25)8-11(26)4-5-12-13(19)15(21)17(23)16(22)14(12)20/h4-8H2,1-3H3. The maximum absolute atomic E-state index is 13.7. The molecule has 0 N–H and O–H groups in total. The topological polar surface area (TPSA) is 69.7 Å². The minimum atomic E-state index is -2.28. The maximum Gasteiger partial charge on any atom is 0.303 e. The molecule has 1 rings (SSSR count). The van der Waals surface area contributed by atoms with Crippen LogP contribution in [-0.4, -0.2) is 29.9 Å². The predicted molar refractivity (Wildman–Crippen MR) is 85.6 cm³/mol. The molecule has 0 bridgehead atoms. The first kappa shape index (κ1) is 23.5. The molecule has 0 fully saturated rings. The van der Waals surface area contributed by atoms with Gasteiger partial charge in [0.05, 0.1) is 6.61 Å². The molecule has 0 radical (unpaired) electrons. The minimum Gasteiger partial charge on any atom is -0.466 e. The van der Waals surface area contributed by atoms with Crippen LogP contribution in [0.15, 0.2) is 0 Å².